The van der Waals surface area contributed by atoms with Crippen molar-refractivity contribution in [1.82, 2.24) is 25.2 Å². The summed E-state index contributed by atoms with van der Waals surface area (Å²) in [4.78, 5) is 26.1. The molecule has 0 saturated carbocycles. The van der Waals surface area contributed by atoms with Crippen LogP contribution in [0.15, 0.2) is 6.20 Å². The Labute approximate surface area is 142 Å². The Bertz CT molecular complexity index is 580. The van der Waals surface area contributed by atoms with Crippen LogP contribution in [0, 0.1) is 0 Å². The number of nitrogens with zero attached hydrogens (tertiary/aromatic N) is 4. The lowest BCUT2D eigenvalue weighted by Gasteiger charge is -2.35. The van der Waals surface area contributed by atoms with Crippen molar-refractivity contribution in [1.29, 1.82) is 0 Å². The molecule has 1 saturated heterocycles. The van der Waals surface area contributed by atoms with Crippen molar-refractivity contribution in [2.24, 2.45) is 0 Å². The molecule has 0 spiro atoms. The third-order valence-corrected chi connectivity index (χ3v) is 4.22. The molecule has 24 heavy (non-hydrogen) atoms. The second kappa shape index (κ2) is 7.74. The van der Waals surface area contributed by atoms with Crippen LogP contribution in [0.4, 0.5) is 0 Å². The number of amides is 2. The fourth-order valence-electron chi connectivity index (χ4n) is 2.91. The molecule has 1 aromatic rings. The summed E-state index contributed by atoms with van der Waals surface area (Å²) < 4.78 is 7.06. The van der Waals surface area contributed by atoms with Gasteiger partial charge in [0.05, 0.1) is 11.8 Å². The van der Waals surface area contributed by atoms with Crippen molar-refractivity contribution >= 4 is 11.8 Å². The highest BCUT2D eigenvalue weighted by molar-refractivity contribution is 5.92. The Morgan fingerprint density at radius 2 is 2.12 bits per heavy atom. The minimum Gasteiger partial charge on any atom is -0.375 e. The minimum atomic E-state index is -0.265. The van der Waals surface area contributed by atoms with E-state index < -0.39 is 0 Å². The highest BCUT2D eigenvalue weighted by Gasteiger charge is 2.30. The zero-order chi connectivity index (χ0) is 17.7. The third kappa shape index (κ3) is 4.77. The molecule has 2 heterocycles. The largest absolute Gasteiger partial charge is 0.375 e. The van der Waals surface area contributed by atoms with Crippen LogP contribution in [0.5, 0.6) is 0 Å². The molecule has 8 nitrogen and oxygen atoms in total. The van der Waals surface area contributed by atoms with Crippen molar-refractivity contribution < 1.29 is 14.3 Å². The number of nitrogens with one attached hydrogen (secondary N) is 1. The predicted octanol–water partition coefficient (Wildman–Crippen LogP) is 0.834. The number of carbonyl (C=O) groups is 2. The monoisotopic (exact) mass is 337 g/mol. The summed E-state index contributed by atoms with van der Waals surface area (Å²) >= 11 is 0. The van der Waals surface area contributed by atoms with E-state index in [1.165, 1.54) is 10.9 Å². The second-order valence-corrected chi connectivity index (χ2v) is 6.64. The number of hydrogen-bond donors (Lipinski definition) is 1. The van der Waals surface area contributed by atoms with Gasteiger partial charge in [-0.25, -0.2) is 4.68 Å². The van der Waals surface area contributed by atoms with Crippen LogP contribution in [0.25, 0.3) is 0 Å². The first-order chi connectivity index (χ1) is 11.3. The molecule has 0 aliphatic carbocycles. The van der Waals surface area contributed by atoms with Gasteiger partial charge in [0, 0.05) is 25.7 Å². The topological polar surface area (TPSA) is 89.4 Å². The summed E-state index contributed by atoms with van der Waals surface area (Å²) in [6.07, 6.45) is 3.05. The van der Waals surface area contributed by atoms with Gasteiger partial charge < -0.3 is 15.0 Å². The SMILES string of the molecule is CCN(CC)C(=O)Cn1cc(C(=O)NC2CCOC(C)(C)C2)nn1. The van der Waals surface area contributed by atoms with E-state index >= 15 is 0 Å². The van der Waals surface area contributed by atoms with Gasteiger partial charge in [-0.1, -0.05) is 5.21 Å². The molecule has 1 N–H and O–H groups in total. The molecule has 0 bridgehead atoms. The first-order valence-electron chi connectivity index (χ1n) is 8.47. The number of ether oxygens (including phenoxy) is 1. The second-order valence-electron chi connectivity index (χ2n) is 6.64. The van der Waals surface area contributed by atoms with Crippen LogP contribution >= 0.6 is 0 Å². The predicted molar refractivity (Wildman–Crippen MR) is 88.5 cm³/mol. The Balaban J connectivity index is 1.92. The quantitative estimate of drug-likeness (QED) is 0.831. The van der Waals surface area contributed by atoms with E-state index in [0.29, 0.717) is 19.7 Å². The summed E-state index contributed by atoms with van der Waals surface area (Å²) in [6.45, 7) is 9.90. The van der Waals surface area contributed by atoms with Gasteiger partial charge in [0.25, 0.3) is 5.91 Å². The standard InChI is InChI=1S/C16H27N5O3/c1-5-20(6-2)14(22)11-21-10-13(18-19-21)15(23)17-12-7-8-24-16(3,4)9-12/h10,12H,5-9,11H2,1-4H3,(H,17,23). The van der Waals surface area contributed by atoms with Crippen molar-refractivity contribution in [3.05, 3.63) is 11.9 Å². The van der Waals surface area contributed by atoms with E-state index in [-0.39, 0.29) is 35.7 Å². The lowest BCUT2D eigenvalue weighted by atomic mass is 9.94. The van der Waals surface area contributed by atoms with Gasteiger partial charge in [-0.3, -0.25) is 9.59 Å². The number of carbonyl (C=O) groups excluding carboxylic acids is 2. The van der Waals surface area contributed by atoms with Crippen molar-refractivity contribution in [2.75, 3.05) is 19.7 Å². The molecule has 0 radical (unpaired) electrons. The van der Waals surface area contributed by atoms with Crippen LogP contribution in [0.2, 0.25) is 0 Å². The highest BCUT2D eigenvalue weighted by Crippen LogP contribution is 2.24. The molecule has 1 unspecified atom stereocenters. The van der Waals surface area contributed by atoms with Gasteiger partial charge >= 0.3 is 0 Å². The molecule has 2 rings (SSSR count). The maximum absolute atomic E-state index is 12.3. The third-order valence-electron chi connectivity index (χ3n) is 4.22. The summed E-state index contributed by atoms with van der Waals surface area (Å²) in [7, 11) is 0. The molecule has 0 aromatic carbocycles. The maximum Gasteiger partial charge on any atom is 0.273 e. The van der Waals surface area contributed by atoms with Crippen LogP contribution in [-0.2, 0) is 16.1 Å². The average molecular weight is 337 g/mol. The smallest absolute Gasteiger partial charge is 0.273 e. The van der Waals surface area contributed by atoms with Gasteiger partial charge in [0.2, 0.25) is 5.91 Å². The number of likely N-dealkylation sites (N-methyl/N-ethyl adjacent to an activating group) is 1. The Morgan fingerprint density at radius 3 is 2.75 bits per heavy atom. The molecule has 134 valence electrons. The fourth-order valence-corrected chi connectivity index (χ4v) is 2.91. The van der Waals surface area contributed by atoms with Crippen molar-refractivity contribution in [3.8, 4) is 0 Å². The Kier molecular flexibility index (Phi) is 5.93. The molecule has 1 atom stereocenters. The average Bonchev–Trinajstić information content (AvgIpc) is 2.96. The molecular formula is C16H27N5O3. The van der Waals surface area contributed by atoms with E-state index in [1.54, 1.807) is 4.90 Å². The Morgan fingerprint density at radius 1 is 1.42 bits per heavy atom. The molecule has 1 fully saturated rings. The number of aromatic nitrogens is 3. The normalized spacial score (nSPS) is 19.8. The van der Waals surface area contributed by atoms with Gasteiger partial charge in [-0.2, -0.15) is 0 Å². The van der Waals surface area contributed by atoms with Crippen LogP contribution in [-0.4, -0.2) is 63.0 Å². The molecule has 1 aliphatic heterocycles. The molecule has 2 amide bonds. The van der Waals surface area contributed by atoms with Gasteiger partial charge in [-0.05, 0) is 40.5 Å². The lowest BCUT2D eigenvalue weighted by Crippen LogP contribution is -2.45. The molecule has 1 aliphatic rings. The summed E-state index contributed by atoms with van der Waals surface area (Å²) in [5.74, 6) is -0.303. The van der Waals surface area contributed by atoms with Crippen molar-refractivity contribution in [2.45, 2.75) is 58.7 Å². The maximum atomic E-state index is 12.3. The first-order valence-corrected chi connectivity index (χ1v) is 8.47. The lowest BCUT2D eigenvalue weighted by molar-refractivity contribution is -0.131. The first kappa shape index (κ1) is 18.4. The van der Waals surface area contributed by atoms with Crippen LogP contribution < -0.4 is 5.32 Å². The zero-order valence-electron chi connectivity index (χ0n) is 14.9. The number of hydrogen-bond acceptors (Lipinski definition) is 5. The molecule has 8 heteroatoms. The number of rotatable bonds is 6. The van der Waals surface area contributed by atoms with Crippen LogP contribution in [0.3, 0.4) is 0 Å². The van der Waals surface area contributed by atoms with Crippen molar-refractivity contribution in [3.63, 3.8) is 0 Å². The van der Waals surface area contributed by atoms with E-state index in [1.807, 2.05) is 27.7 Å². The highest BCUT2D eigenvalue weighted by atomic mass is 16.5. The van der Waals surface area contributed by atoms with Gasteiger partial charge in [-0.15, -0.1) is 5.10 Å². The van der Waals surface area contributed by atoms with E-state index in [9.17, 15) is 9.59 Å². The Hall–Kier alpha value is -1.96. The summed E-state index contributed by atoms with van der Waals surface area (Å²) in [5.41, 5.74) is -0.00378. The fraction of sp³-hybridized carbons (Fsp3) is 0.750. The minimum absolute atomic E-state index is 0.0389. The zero-order valence-corrected chi connectivity index (χ0v) is 14.9. The van der Waals surface area contributed by atoms with E-state index in [4.69, 9.17) is 4.74 Å². The van der Waals surface area contributed by atoms with Gasteiger partial charge in [0.1, 0.15) is 6.54 Å². The van der Waals surface area contributed by atoms with Crippen LogP contribution in [0.1, 0.15) is 51.0 Å². The van der Waals surface area contributed by atoms with Gasteiger partial charge in [0.15, 0.2) is 5.69 Å². The summed E-state index contributed by atoms with van der Waals surface area (Å²) in [5, 5.41) is 10.7. The molecule has 1 aromatic heterocycles. The van der Waals surface area contributed by atoms with E-state index in [0.717, 1.165) is 12.8 Å². The molecular weight excluding hydrogens is 310 g/mol. The summed E-state index contributed by atoms with van der Waals surface area (Å²) in [6, 6.07) is 0.0590. The van der Waals surface area contributed by atoms with E-state index in [2.05, 4.69) is 15.6 Å².